The molecule has 0 bridgehead atoms. The van der Waals surface area contributed by atoms with Crippen LogP contribution in [0.25, 0.3) is 0 Å². The van der Waals surface area contributed by atoms with Gasteiger partial charge in [-0.15, -0.1) is 11.3 Å². The Morgan fingerprint density at radius 1 is 1.67 bits per heavy atom. The summed E-state index contributed by atoms with van der Waals surface area (Å²) in [7, 11) is 0. The maximum atomic E-state index is 11.8. The normalized spacial score (nSPS) is 16.4. The highest BCUT2D eigenvalue weighted by atomic mass is 32.1. The van der Waals surface area contributed by atoms with Crippen molar-refractivity contribution in [1.29, 1.82) is 0 Å². The van der Waals surface area contributed by atoms with Crippen LogP contribution in [0.2, 0.25) is 0 Å². The van der Waals surface area contributed by atoms with Crippen molar-refractivity contribution < 1.29 is 4.79 Å². The topological polar surface area (TPSA) is 68.0 Å². The van der Waals surface area contributed by atoms with E-state index in [-0.39, 0.29) is 11.9 Å². The van der Waals surface area contributed by atoms with Crippen molar-refractivity contribution >= 4 is 17.2 Å². The van der Waals surface area contributed by atoms with Crippen LogP contribution in [0.15, 0.2) is 17.0 Å². The molecule has 1 atom stereocenters. The molecule has 0 saturated heterocycles. The number of hydrogen-bond acceptors (Lipinski definition) is 4. The Labute approximate surface area is 111 Å². The molecule has 1 heterocycles. The number of nitrogens with two attached hydrogens (primary N) is 1. The van der Waals surface area contributed by atoms with Crippen LogP contribution in [0, 0.1) is 0 Å². The molecule has 0 aliphatic heterocycles. The van der Waals surface area contributed by atoms with Crippen molar-refractivity contribution in [3.8, 4) is 0 Å². The molecule has 4 nitrogen and oxygen atoms in total. The van der Waals surface area contributed by atoms with Crippen molar-refractivity contribution in [1.82, 2.24) is 10.3 Å². The van der Waals surface area contributed by atoms with Gasteiger partial charge in [-0.3, -0.25) is 4.79 Å². The molecular formula is C13H19N3OS. The second kappa shape index (κ2) is 6.11. The van der Waals surface area contributed by atoms with Crippen LogP contribution < -0.4 is 11.1 Å². The van der Waals surface area contributed by atoms with E-state index in [0.29, 0.717) is 12.2 Å². The number of nitrogens with zero attached hydrogens (tertiary/aromatic N) is 1. The summed E-state index contributed by atoms with van der Waals surface area (Å²) in [5, 5.41) is 5.47. The number of carbonyl (C=O) groups excluding carboxylic acids is 1. The number of nitrogens with one attached hydrogen (secondary N) is 1. The Kier molecular flexibility index (Phi) is 4.49. The number of carbonyl (C=O) groups is 1. The Morgan fingerprint density at radius 3 is 3.11 bits per heavy atom. The van der Waals surface area contributed by atoms with Gasteiger partial charge in [-0.1, -0.05) is 11.6 Å². The van der Waals surface area contributed by atoms with Gasteiger partial charge in [0.05, 0.1) is 6.04 Å². The molecule has 1 unspecified atom stereocenters. The molecule has 1 aliphatic carbocycles. The van der Waals surface area contributed by atoms with Gasteiger partial charge < -0.3 is 11.1 Å². The summed E-state index contributed by atoms with van der Waals surface area (Å²) in [6.45, 7) is 2.56. The molecule has 1 aromatic heterocycles. The zero-order valence-electron chi connectivity index (χ0n) is 10.6. The van der Waals surface area contributed by atoms with E-state index in [9.17, 15) is 4.79 Å². The van der Waals surface area contributed by atoms with Crippen LogP contribution in [0.1, 0.15) is 54.1 Å². The van der Waals surface area contributed by atoms with Crippen molar-refractivity contribution in [2.24, 2.45) is 5.73 Å². The number of thiazole rings is 1. The van der Waals surface area contributed by atoms with E-state index in [1.807, 2.05) is 6.92 Å². The van der Waals surface area contributed by atoms with Gasteiger partial charge in [-0.2, -0.15) is 0 Å². The fraction of sp³-hybridized carbons (Fsp3) is 0.538. The predicted octanol–water partition coefficient (Wildman–Crippen LogP) is 2.39. The maximum Gasteiger partial charge on any atom is 0.270 e. The zero-order chi connectivity index (χ0) is 13.0. The minimum absolute atomic E-state index is 0.100. The lowest BCUT2D eigenvalue weighted by Gasteiger charge is -2.04. The van der Waals surface area contributed by atoms with Crippen LogP contribution >= 0.6 is 11.3 Å². The average molecular weight is 265 g/mol. The van der Waals surface area contributed by atoms with E-state index in [2.05, 4.69) is 16.4 Å². The standard InChI is InChI=1S/C13H19N3OS/c1-9(14)13-16-11(8-18-13)12(17)15-7-6-10-4-2-3-5-10/h4,8-9H,2-3,5-7,14H2,1H3,(H,15,17). The molecule has 2 rings (SSSR count). The number of rotatable bonds is 5. The minimum atomic E-state index is -0.111. The van der Waals surface area contributed by atoms with Gasteiger partial charge in [-0.05, 0) is 32.6 Å². The van der Waals surface area contributed by atoms with Crippen molar-refractivity contribution in [3.05, 3.63) is 27.7 Å². The van der Waals surface area contributed by atoms with Crippen LogP contribution in [0.5, 0.6) is 0 Å². The van der Waals surface area contributed by atoms with Crippen LogP contribution in [-0.2, 0) is 0 Å². The lowest BCUT2D eigenvalue weighted by molar-refractivity contribution is 0.0949. The first-order valence-corrected chi connectivity index (χ1v) is 7.22. The van der Waals surface area contributed by atoms with E-state index in [4.69, 9.17) is 5.73 Å². The van der Waals surface area contributed by atoms with E-state index in [1.165, 1.54) is 36.2 Å². The third-order valence-corrected chi connectivity index (χ3v) is 4.06. The maximum absolute atomic E-state index is 11.8. The van der Waals surface area contributed by atoms with E-state index in [1.54, 1.807) is 5.38 Å². The number of hydrogen-bond donors (Lipinski definition) is 2. The lowest BCUT2D eigenvalue weighted by Crippen LogP contribution is -2.25. The highest BCUT2D eigenvalue weighted by Gasteiger charge is 2.12. The second-order valence-corrected chi connectivity index (χ2v) is 5.51. The fourth-order valence-corrected chi connectivity index (χ4v) is 2.75. The molecule has 0 radical (unpaired) electrons. The minimum Gasteiger partial charge on any atom is -0.350 e. The molecule has 1 amide bonds. The number of aromatic nitrogens is 1. The summed E-state index contributed by atoms with van der Waals surface area (Å²) < 4.78 is 0. The monoisotopic (exact) mass is 265 g/mol. The van der Waals surface area contributed by atoms with Crippen LogP contribution in [-0.4, -0.2) is 17.4 Å². The average Bonchev–Trinajstić information content (AvgIpc) is 2.99. The number of allylic oxidation sites excluding steroid dienone is 1. The molecule has 1 aliphatic rings. The highest BCUT2D eigenvalue weighted by Crippen LogP contribution is 2.20. The van der Waals surface area contributed by atoms with E-state index in [0.717, 1.165) is 11.4 Å². The number of amides is 1. The van der Waals surface area contributed by atoms with Gasteiger partial charge in [0, 0.05) is 11.9 Å². The summed E-state index contributed by atoms with van der Waals surface area (Å²) in [6.07, 6.45) is 6.86. The zero-order valence-corrected chi connectivity index (χ0v) is 11.4. The molecule has 0 fully saturated rings. The van der Waals surface area contributed by atoms with Gasteiger partial charge >= 0.3 is 0 Å². The Morgan fingerprint density at radius 2 is 2.50 bits per heavy atom. The Bertz CT molecular complexity index is 451. The van der Waals surface area contributed by atoms with E-state index >= 15 is 0 Å². The summed E-state index contributed by atoms with van der Waals surface area (Å²) in [5.74, 6) is -0.100. The highest BCUT2D eigenvalue weighted by molar-refractivity contribution is 7.09. The molecule has 0 spiro atoms. The molecule has 98 valence electrons. The van der Waals surface area contributed by atoms with Gasteiger partial charge in [0.15, 0.2) is 0 Å². The molecule has 18 heavy (non-hydrogen) atoms. The first-order valence-electron chi connectivity index (χ1n) is 6.34. The Balaban J connectivity index is 1.79. The predicted molar refractivity (Wildman–Crippen MR) is 73.6 cm³/mol. The summed E-state index contributed by atoms with van der Waals surface area (Å²) in [6, 6.07) is -0.111. The van der Waals surface area contributed by atoms with E-state index < -0.39 is 0 Å². The third kappa shape index (κ3) is 3.40. The van der Waals surface area contributed by atoms with Crippen LogP contribution in [0.4, 0.5) is 0 Å². The molecule has 0 aromatic carbocycles. The van der Waals surface area contributed by atoms with Crippen molar-refractivity contribution in [2.75, 3.05) is 6.54 Å². The quantitative estimate of drug-likeness (QED) is 0.803. The summed E-state index contributed by atoms with van der Waals surface area (Å²) in [5.41, 5.74) is 7.66. The molecule has 1 aromatic rings. The molecule has 0 saturated carbocycles. The molecule has 5 heteroatoms. The summed E-state index contributed by atoms with van der Waals surface area (Å²) in [4.78, 5) is 16.1. The van der Waals surface area contributed by atoms with Gasteiger partial charge in [0.25, 0.3) is 5.91 Å². The van der Waals surface area contributed by atoms with Crippen molar-refractivity contribution in [3.63, 3.8) is 0 Å². The van der Waals surface area contributed by atoms with Crippen LogP contribution in [0.3, 0.4) is 0 Å². The SMILES string of the molecule is CC(N)c1nc(C(=O)NCCC2=CCCC2)cs1. The first-order chi connectivity index (χ1) is 8.66. The van der Waals surface area contributed by atoms with Crippen molar-refractivity contribution in [2.45, 2.75) is 38.6 Å². The fourth-order valence-electron chi connectivity index (χ4n) is 1.99. The third-order valence-electron chi connectivity index (χ3n) is 3.01. The smallest absolute Gasteiger partial charge is 0.270 e. The van der Waals surface area contributed by atoms with Gasteiger partial charge in [0.1, 0.15) is 10.7 Å². The van der Waals surface area contributed by atoms with Gasteiger partial charge in [0.2, 0.25) is 0 Å². The largest absolute Gasteiger partial charge is 0.350 e. The molecule has 3 N–H and O–H groups in total. The Hall–Kier alpha value is -1.20. The second-order valence-electron chi connectivity index (χ2n) is 4.62. The van der Waals surface area contributed by atoms with Gasteiger partial charge in [-0.25, -0.2) is 4.98 Å². The first kappa shape index (κ1) is 13.2. The lowest BCUT2D eigenvalue weighted by atomic mass is 10.2. The summed E-state index contributed by atoms with van der Waals surface area (Å²) >= 11 is 1.44. The molecular weight excluding hydrogens is 246 g/mol.